The molecule has 0 fully saturated rings. The summed E-state index contributed by atoms with van der Waals surface area (Å²) in [6.45, 7) is 0. The van der Waals surface area contributed by atoms with E-state index in [1.807, 2.05) is 112 Å². The second-order valence-electron chi connectivity index (χ2n) is 10.8. The van der Waals surface area contributed by atoms with Crippen molar-refractivity contribution in [2.75, 3.05) is 0 Å². The van der Waals surface area contributed by atoms with Crippen molar-refractivity contribution < 1.29 is 18.3 Å². The molecular formula is C32H40N12+4. The van der Waals surface area contributed by atoms with Crippen LogP contribution < -0.4 is 18.3 Å². The Labute approximate surface area is 256 Å². The van der Waals surface area contributed by atoms with E-state index in [4.69, 9.17) is 0 Å². The average molecular weight is 593 g/mol. The van der Waals surface area contributed by atoms with Crippen LogP contribution in [0.4, 0.5) is 0 Å². The normalized spacial score (nSPS) is 10.7. The van der Waals surface area contributed by atoms with Crippen LogP contribution in [0.2, 0.25) is 0 Å². The lowest BCUT2D eigenvalue weighted by atomic mass is 10.3. The molecule has 224 valence electrons. The van der Waals surface area contributed by atoms with Gasteiger partial charge >= 0.3 is 11.3 Å². The van der Waals surface area contributed by atoms with Crippen LogP contribution >= 0.6 is 0 Å². The van der Waals surface area contributed by atoms with E-state index < -0.39 is 0 Å². The molecule has 8 aromatic rings. The Hall–Kier alpha value is -5.52. The molecule has 12 nitrogen and oxygen atoms in total. The number of rotatable bonds is 0. The predicted molar refractivity (Wildman–Crippen MR) is 168 cm³/mol. The minimum atomic E-state index is 0.961. The molecule has 7 heterocycles. The minimum Gasteiger partial charge on any atom is -0.263 e. The van der Waals surface area contributed by atoms with Crippen molar-refractivity contribution in [1.82, 2.24) is 38.2 Å². The van der Waals surface area contributed by atoms with Gasteiger partial charge in [-0.25, -0.2) is 32.4 Å². The highest BCUT2D eigenvalue weighted by molar-refractivity contribution is 5.71. The number of benzene rings is 1. The summed E-state index contributed by atoms with van der Waals surface area (Å²) in [7, 11) is 16.1. The van der Waals surface area contributed by atoms with Crippen LogP contribution in [0.25, 0.3) is 44.4 Å². The van der Waals surface area contributed by atoms with Gasteiger partial charge < -0.3 is 0 Å². The van der Waals surface area contributed by atoms with Gasteiger partial charge in [0.25, 0.3) is 0 Å². The second-order valence-corrected chi connectivity index (χ2v) is 10.8. The molecular weight excluding hydrogens is 552 g/mol. The lowest BCUT2D eigenvalue weighted by Crippen LogP contribution is -2.26. The number of aryl methyl sites for hydroxylation is 8. The first-order valence-electron chi connectivity index (χ1n) is 14.2. The van der Waals surface area contributed by atoms with Gasteiger partial charge in [0.1, 0.15) is 6.20 Å². The minimum absolute atomic E-state index is 0.961. The molecule has 0 bridgehead atoms. The van der Waals surface area contributed by atoms with E-state index >= 15 is 0 Å². The van der Waals surface area contributed by atoms with E-state index in [0.29, 0.717) is 0 Å². The maximum absolute atomic E-state index is 4.24. The third-order valence-corrected chi connectivity index (χ3v) is 7.43. The molecule has 0 saturated carbocycles. The van der Waals surface area contributed by atoms with E-state index in [1.54, 1.807) is 6.33 Å². The van der Waals surface area contributed by atoms with Crippen molar-refractivity contribution in [2.45, 2.75) is 0 Å². The smallest absolute Gasteiger partial charge is 0.263 e. The first kappa shape index (κ1) is 30.0. The van der Waals surface area contributed by atoms with Gasteiger partial charge in [-0.05, 0) is 24.3 Å². The highest BCUT2D eigenvalue weighted by Gasteiger charge is 2.11. The van der Waals surface area contributed by atoms with Gasteiger partial charge in [-0.2, -0.15) is 0 Å². The van der Waals surface area contributed by atoms with Crippen molar-refractivity contribution in [2.24, 2.45) is 56.4 Å². The summed E-state index contributed by atoms with van der Waals surface area (Å²) in [6, 6.07) is 14.4. The zero-order valence-corrected chi connectivity index (χ0v) is 26.6. The second kappa shape index (κ2) is 12.8. The number of pyridine rings is 2. The van der Waals surface area contributed by atoms with Gasteiger partial charge in [0.05, 0.1) is 68.8 Å². The highest BCUT2D eigenvalue weighted by atomic mass is 15.2. The lowest BCUT2D eigenvalue weighted by molar-refractivity contribution is -0.647. The van der Waals surface area contributed by atoms with Crippen LogP contribution in [0.3, 0.4) is 0 Å². The van der Waals surface area contributed by atoms with Crippen LogP contribution in [-0.4, -0.2) is 38.2 Å². The SMILES string of the molecule is Cn1c[n+](C)c2ccccc21.Cn1c[n+](C)c2ccncc21.Cn1c[n+](C)c2ncccc21.Cn1c[n+](C)c2ncncc21. The van der Waals surface area contributed by atoms with E-state index in [0.717, 1.165) is 27.8 Å². The Morgan fingerprint density at radius 2 is 1.00 bits per heavy atom. The van der Waals surface area contributed by atoms with Crippen molar-refractivity contribution >= 4 is 44.4 Å². The molecule has 0 amide bonds. The number of hydrogen-bond acceptors (Lipinski definition) is 4. The summed E-state index contributed by atoms with van der Waals surface area (Å²) in [5.41, 5.74) is 9.12. The molecule has 0 aliphatic heterocycles. The quantitative estimate of drug-likeness (QED) is 0.251. The van der Waals surface area contributed by atoms with Crippen molar-refractivity contribution in [1.29, 1.82) is 0 Å². The van der Waals surface area contributed by atoms with E-state index in [-0.39, 0.29) is 0 Å². The molecule has 7 aromatic heterocycles. The predicted octanol–water partition coefficient (Wildman–Crippen LogP) is 1.59. The standard InChI is InChI=1S/C9H11N2.2C8H10N3.C7H9N4/c1-10-7-11(2)9-6-4-3-5-8(9)10;1-10-6-11(2)8-5-9-4-3-7(8)10;1-10-6-11(2)8-7(10)4-3-5-9-8;1-10-5-11(2)7-6(10)3-8-4-9-7/h3-7H,1-2H3;2*3-6H,1-2H3;3-5H,1-2H3/q4*+1. The molecule has 0 N–H and O–H groups in total. The first-order valence-corrected chi connectivity index (χ1v) is 14.2. The fourth-order valence-electron chi connectivity index (χ4n) is 5.30. The van der Waals surface area contributed by atoms with Crippen LogP contribution in [0, 0.1) is 0 Å². The molecule has 0 aliphatic carbocycles. The third kappa shape index (κ3) is 6.14. The summed E-state index contributed by atoms with van der Waals surface area (Å²) >= 11 is 0. The first-order chi connectivity index (χ1) is 21.2. The Kier molecular flexibility index (Phi) is 8.70. The summed E-state index contributed by atoms with van der Waals surface area (Å²) < 4.78 is 16.4. The van der Waals surface area contributed by atoms with Crippen molar-refractivity contribution in [3.05, 3.63) is 98.9 Å². The molecule has 8 rings (SSSR count). The number of imidazole rings is 4. The summed E-state index contributed by atoms with van der Waals surface area (Å²) in [4.78, 5) is 16.4. The van der Waals surface area contributed by atoms with Gasteiger partial charge in [0, 0.05) is 12.3 Å². The maximum Gasteiger partial charge on any atom is 0.304 e. The van der Waals surface area contributed by atoms with E-state index in [2.05, 4.69) is 93.5 Å². The van der Waals surface area contributed by atoms with Crippen LogP contribution in [0.5, 0.6) is 0 Å². The molecule has 0 radical (unpaired) electrons. The topological polar surface area (TPSA) is 86.8 Å². The zero-order valence-electron chi connectivity index (χ0n) is 26.6. The van der Waals surface area contributed by atoms with Crippen molar-refractivity contribution in [3.63, 3.8) is 0 Å². The van der Waals surface area contributed by atoms with Crippen LogP contribution in [0.15, 0.2) is 98.9 Å². The summed E-state index contributed by atoms with van der Waals surface area (Å²) in [6.07, 6.45) is 16.9. The molecule has 0 atom stereocenters. The largest absolute Gasteiger partial charge is 0.304 e. The summed E-state index contributed by atoms with van der Waals surface area (Å²) in [5.74, 6) is 0. The molecule has 44 heavy (non-hydrogen) atoms. The fraction of sp³-hybridized carbons (Fsp3) is 0.250. The molecule has 0 aliphatic rings. The Bertz CT molecular complexity index is 1720. The van der Waals surface area contributed by atoms with Crippen LogP contribution in [-0.2, 0) is 56.4 Å². The lowest BCUT2D eigenvalue weighted by Gasteiger charge is -1.84. The average Bonchev–Trinajstić information content (AvgIpc) is 3.71. The monoisotopic (exact) mass is 592 g/mol. The van der Waals surface area contributed by atoms with Gasteiger partial charge in [-0.3, -0.25) is 14.1 Å². The maximum atomic E-state index is 4.24. The Balaban J connectivity index is 0.000000116. The molecule has 0 saturated heterocycles. The Morgan fingerprint density at radius 1 is 0.477 bits per heavy atom. The molecule has 1 aromatic carbocycles. The number of aromatic nitrogens is 12. The fourth-order valence-corrected chi connectivity index (χ4v) is 5.30. The Morgan fingerprint density at radius 3 is 1.64 bits per heavy atom. The van der Waals surface area contributed by atoms with E-state index in [1.165, 1.54) is 16.6 Å². The molecule has 12 heteroatoms. The molecule has 0 unspecified atom stereocenters. The zero-order chi connectivity index (χ0) is 31.4. The van der Waals surface area contributed by atoms with Gasteiger partial charge in [-0.1, -0.05) is 17.1 Å². The van der Waals surface area contributed by atoms with E-state index in [9.17, 15) is 0 Å². The number of para-hydroxylation sites is 2. The van der Waals surface area contributed by atoms with Crippen LogP contribution in [0.1, 0.15) is 0 Å². The highest BCUT2D eigenvalue weighted by Crippen LogP contribution is 2.08. The van der Waals surface area contributed by atoms with Gasteiger partial charge in [0.2, 0.25) is 12.7 Å². The number of nitrogens with zero attached hydrogens (tertiary/aromatic N) is 12. The molecule has 0 spiro atoms. The number of hydrogen-bond donors (Lipinski definition) is 0. The number of fused-ring (bicyclic) bond motifs is 4. The summed E-state index contributed by atoms with van der Waals surface area (Å²) in [5, 5.41) is 0. The van der Waals surface area contributed by atoms with Gasteiger partial charge in [-0.15, -0.1) is 4.98 Å². The van der Waals surface area contributed by atoms with Gasteiger partial charge in [0.15, 0.2) is 52.1 Å². The third-order valence-electron chi connectivity index (χ3n) is 7.43. The van der Waals surface area contributed by atoms with Crippen molar-refractivity contribution in [3.8, 4) is 0 Å².